The Morgan fingerprint density at radius 2 is 2.20 bits per heavy atom. The molecule has 15 heavy (non-hydrogen) atoms. The van der Waals surface area contributed by atoms with Crippen molar-refractivity contribution in [1.82, 2.24) is 10.2 Å². The number of hydrogen-bond acceptors (Lipinski definition) is 3. The van der Waals surface area contributed by atoms with Gasteiger partial charge in [0.05, 0.1) is 0 Å². The van der Waals surface area contributed by atoms with Crippen LogP contribution in [0, 0.1) is 0 Å². The van der Waals surface area contributed by atoms with Gasteiger partial charge in [0.15, 0.2) is 0 Å². The van der Waals surface area contributed by atoms with Gasteiger partial charge in [-0.05, 0) is 32.5 Å². The summed E-state index contributed by atoms with van der Waals surface area (Å²) in [6.07, 6.45) is 4.69. The van der Waals surface area contributed by atoms with Crippen molar-refractivity contribution in [3.05, 3.63) is 12.7 Å². The van der Waals surface area contributed by atoms with E-state index < -0.39 is 0 Å². The fourth-order valence-corrected chi connectivity index (χ4v) is 3.14. The molecule has 3 heteroatoms. The summed E-state index contributed by atoms with van der Waals surface area (Å²) in [5.74, 6) is 1.27. The fraction of sp³-hybridized carbons (Fsp3) is 0.833. The molecule has 0 aromatic carbocycles. The van der Waals surface area contributed by atoms with Crippen molar-refractivity contribution in [1.29, 1.82) is 0 Å². The van der Waals surface area contributed by atoms with Crippen LogP contribution in [0.5, 0.6) is 0 Å². The summed E-state index contributed by atoms with van der Waals surface area (Å²) in [6.45, 7) is 11.8. The maximum absolute atomic E-state index is 3.79. The third-order valence-electron chi connectivity index (χ3n) is 2.88. The van der Waals surface area contributed by atoms with Crippen molar-refractivity contribution in [3.8, 4) is 0 Å². The predicted octanol–water partition coefficient (Wildman–Crippen LogP) is 1.98. The van der Waals surface area contributed by atoms with Crippen LogP contribution in [-0.2, 0) is 0 Å². The van der Waals surface area contributed by atoms with Crippen LogP contribution in [-0.4, -0.2) is 48.6 Å². The highest BCUT2D eigenvalue weighted by atomic mass is 32.2. The van der Waals surface area contributed by atoms with E-state index in [1.165, 1.54) is 38.2 Å². The highest BCUT2D eigenvalue weighted by Gasteiger charge is 2.13. The smallest absolute Gasteiger partial charge is 0.0160 e. The minimum Gasteiger partial charge on any atom is -0.317 e. The molecule has 0 unspecified atom stereocenters. The van der Waals surface area contributed by atoms with Crippen LogP contribution in [0.25, 0.3) is 0 Å². The van der Waals surface area contributed by atoms with Crippen LogP contribution in [0.15, 0.2) is 12.7 Å². The second kappa shape index (κ2) is 8.20. The van der Waals surface area contributed by atoms with E-state index in [0.717, 1.165) is 18.3 Å². The van der Waals surface area contributed by atoms with Gasteiger partial charge in [0.1, 0.15) is 0 Å². The lowest BCUT2D eigenvalue weighted by molar-refractivity contribution is 0.340. The third kappa shape index (κ3) is 5.59. The van der Waals surface area contributed by atoms with Crippen LogP contribution in [0.1, 0.15) is 19.8 Å². The lowest BCUT2D eigenvalue weighted by atomic mass is 10.2. The normalized spacial score (nSPS) is 18.3. The van der Waals surface area contributed by atoms with Crippen LogP contribution >= 0.6 is 11.8 Å². The fourth-order valence-electron chi connectivity index (χ4n) is 1.87. The van der Waals surface area contributed by atoms with Gasteiger partial charge >= 0.3 is 0 Å². The molecule has 0 bridgehead atoms. The highest BCUT2D eigenvalue weighted by molar-refractivity contribution is 7.99. The Labute approximate surface area is 98.5 Å². The van der Waals surface area contributed by atoms with Gasteiger partial charge in [-0.25, -0.2) is 0 Å². The molecule has 0 saturated carbocycles. The van der Waals surface area contributed by atoms with E-state index in [1.54, 1.807) is 0 Å². The summed E-state index contributed by atoms with van der Waals surface area (Å²) in [7, 11) is 0. The minimum atomic E-state index is 0.897. The zero-order chi connectivity index (χ0) is 10.9. The van der Waals surface area contributed by atoms with E-state index in [-0.39, 0.29) is 0 Å². The first-order valence-corrected chi connectivity index (χ1v) is 7.07. The maximum atomic E-state index is 3.79. The van der Waals surface area contributed by atoms with Crippen molar-refractivity contribution >= 4 is 11.8 Å². The molecule has 1 aliphatic heterocycles. The van der Waals surface area contributed by atoms with Gasteiger partial charge in [0.25, 0.3) is 0 Å². The Morgan fingerprint density at radius 3 is 2.80 bits per heavy atom. The van der Waals surface area contributed by atoms with Crippen molar-refractivity contribution in [2.24, 2.45) is 0 Å². The molecule has 0 amide bonds. The largest absolute Gasteiger partial charge is 0.317 e. The molecule has 0 aliphatic carbocycles. The summed E-state index contributed by atoms with van der Waals surface area (Å²) in [5, 5.41) is 4.31. The minimum absolute atomic E-state index is 0.897. The monoisotopic (exact) mass is 228 g/mol. The zero-order valence-corrected chi connectivity index (χ0v) is 10.7. The quantitative estimate of drug-likeness (QED) is 0.671. The molecular formula is C12H24N2S. The summed E-state index contributed by atoms with van der Waals surface area (Å²) in [6, 6.07) is 0. The van der Waals surface area contributed by atoms with Crippen LogP contribution in [0.3, 0.4) is 0 Å². The number of likely N-dealkylation sites (N-methyl/N-ethyl adjacent to an activating group) is 1. The van der Waals surface area contributed by atoms with E-state index in [4.69, 9.17) is 0 Å². The summed E-state index contributed by atoms with van der Waals surface area (Å²) in [5.41, 5.74) is 0. The van der Waals surface area contributed by atoms with Gasteiger partial charge in [-0.15, -0.1) is 6.58 Å². The summed E-state index contributed by atoms with van der Waals surface area (Å²) in [4.78, 5) is 2.45. The summed E-state index contributed by atoms with van der Waals surface area (Å²) < 4.78 is 0. The molecule has 88 valence electrons. The van der Waals surface area contributed by atoms with E-state index in [0.29, 0.717) is 0 Å². The van der Waals surface area contributed by atoms with E-state index in [1.807, 2.05) is 6.08 Å². The van der Waals surface area contributed by atoms with Gasteiger partial charge in [0.2, 0.25) is 0 Å². The second-order valence-corrected chi connectivity index (χ2v) is 5.41. The number of rotatable bonds is 7. The molecule has 1 saturated heterocycles. The van der Waals surface area contributed by atoms with Gasteiger partial charge in [-0.3, -0.25) is 4.90 Å². The van der Waals surface area contributed by atoms with Gasteiger partial charge in [0, 0.05) is 24.1 Å². The SMILES string of the molecule is C=CCN(CC)CCSC1CCNCC1. The number of nitrogens with one attached hydrogen (secondary N) is 1. The second-order valence-electron chi connectivity index (χ2n) is 4.00. The number of nitrogens with zero attached hydrogens (tertiary/aromatic N) is 1. The Morgan fingerprint density at radius 1 is 1.47 bits per heavy atom. The van der Waals surface area contributed by atoms with E-state index in [2.05, 4.69) is 35.5 Å². The molecule has 0 aromatic rings. The van der Waals surface area contributed by atoms with E-state index in [9.17, 15) is 0 Å². The molecule has 1 N–H and O–H groups in total. The first kappa shape index (κ1) is 13.1. The Hall–Kier alpha value is 0.01000. The lowest BCUT2D eigenvalue weighted by Gasteiger charge is -2.24. The van der Waals surface area contributed by atoms with Crippen LogP contribution in [0.4, 0.5) is 0 Å². The van der Waals surface area contributed by atoms with E-state index >= 15 is 0 Å². The van der Waals surface area contributed by atoms with Crippen LogP contribution < -0.4 is 5.32 Å². The van der Waals surface area contributed by atoms with Crippen molar-refractivity contribution in [2.75, 3.05) is 38.5 Å². The molecule has 2 nitrogen and oxygen atoms in total. The molecule has 1 rings (SSSR count). The molecule has 0 spiro atoms. The standard InChI is InChI=1S/C12H24N2S/c1-3-9-14(4-2)10-11-15-12-5-7-13-8-6-12/h3,12-13H,1,4-11H2,2H3. The molecule has 1 fully saturated rings. The molecular weight excluding hydrogens is 204 g/mol. The first-order valence-electron chi connectivity index (χ1n) is 6.02. The molecule has 0 atom stereocenters. The molecule has 0 radical (unpaired) electrons. The highest BCUT2D eigenvalue weighted by Crippen LogP contribution is 2.19. The topological polar surface area (TPSA) is 15.3 Å². The predicted molar refractivity (Wildman–Crippen MR) is 70.7 cm³/mol. The molecule has 1 aliphatic rings. The average molecular weight is 228 g/mol. The summed E-state index contributed by atoms with van der Waals surface area (Å²) >= 11 is 2.15. The maximum Gasteiger partial charge on any atom is 0.0160 e. The zero-order valence-electron chi connectivity index (χ0n) is 9.87. The Balaban J connectivity index is 2.05. The average Bonchev–Trinajstić information content (AvgIpc) is 2.29. The van der Waals surface area contributed by atoms with Gasteiger partial charge < -0.3 is 5.32 Å². The molecule has 0 aromatic heterocycles. The van der Waals surface area contributed by atoms with Crippen LogP contribution in [0.2, 0.25) is 0 Å². The lowest BCUT2D eigenvalue weighted by Crippen LogP contribution is -2.31. The number of hydrogen-bond donors (Lipinski definition) is 1. The van der Waals surface area contributed by atoms with Gasteiger partial charge in [-0.2, -0.15) is 11.8 Å². The number of piperidine rings is 1. The van der Waals surface area contributed by atoms with Crippen molar-refractivity contribution < 1.29 is 0 Å². The van der Waals surface area contributed by atoms with Gasteiger partial charge in [-0.1, -0.05) is 13.0 Å². The number of thioether (sulfide) groups is 1. The third-order valence-corrected chi connectivity index (χ3v) is 4.24. The first-order chi connectivity index (χ1) is 7.36. The Kier molecular flexibility index (Phi) is 7.14. The molecule has 1 heterocycles. The van der Waals surface area contributed by atoms with Crippen molar-refractivity contribution in [2.45, 2.75) is 25.0 Å². The van der Waals surface area contributed by atoms with Crippen molar-refractivity contribution in [3.63, 3.8) is 0 Å². The Bertz CT molecular complexity index is 167.